The lowest BCUT2D eigenvalue weighted by Gasteiger charge is -2.21. The predicted octanol–water partition coefficient (Wildman–Crippen LogP) is 4.12. The summed E-state index contributed by atoms with van der Waals surface area (Å²) < 4.78 is 13.9. The largest absolute Gasteiger partial charge is 0.379 e. The molecular weight excluding hydrogens is 323 g/mol. The normalized spacial score (nSPS) is 14.8. The maximum Gasteiger partial charge on any atom is 0.272 e. The van der Waals surface area contributed by atoms with Gasteiger partial charge in [0.1, 0.15) is 5.82 Å². The van der Waals surface area contributed by atoms with Gasteiger partial charge in [-0.3, -0.25) is 10.1 Å². The first-order valence-corrected chi connectivity index (χ1v) is 8.51. The number of nitrogens with one attached hydrogen (secondary N) is 1. The van der Waals surface area contributed by atoms with Gasteiger partial charge >= 0.3 is 0 Å². The molecule has 25 heavy (non-hydrogen) atoms. The van der Waals surface area contributed by atoms with E-state index in [1.807, 2.05) is 12.1 Å². The lowest BCUT2D eigenvalue weighted by atomic mass is 10.2. The molecule has 7 heteroatoms. The van der Waals surface area contributed by atoms with Gasteiger partial charge in [-0.25, -0.2) is 9.37 Å². The number of benzene rings is 1. The lowest BCUT2D eigenvalue weighted by molar-refractivity contribution is -0.385. The maximum absolute atomic E-state index is 13.9. The molecule has 1 aliphatic rings. The third-order valence-electron chi connectivity index (χ3n) is 4.39. The highest BCUT2D eigenvalue weighted by Crippen LogP contribution is 2.22. The molecule has 1 aromatic heterocycles. The van der Waals surface area contributed by atoms with Crippen LogP contribution in [0.2, 0.25) is 0 Å². The number of nitro groups is 1. The molecule has 6 nitrogen and oxygen atoms in total. The second-order valence-corrected chi connectivity index (χ2v) is 6.20. The average Bonchev–Trinajstić information content (AvgIpc) is 2.90. The molecule has 1 fully saturated rings. The number of nitrogens with zero attached hydrogens (tertiary/aromatic N) is 3. The number of rotatable bonds is 5. The Morgan fingerprint density at radius 3 is 2.52 bits per heavy atom. The van der Waals surface area contributed by atoms with Crippen LogP contribution >= 0.6 is 0 Å². The van der Waals surface area contributed by atoms with Gasteiger partial charge in [0.2, 0.25) is 0 Å². The van der Waals surface area contributed by atoms with Gasteiger partial charge in [-0.15, -0.1) is 0 Å². The minimum Gasteiger partial charge on any atom is -0.379 e. The molecule has 1 saturated heterocycles. The first-order chi connectivity index (χ1) is 12.1. The first kappa shape index (κ1) is 17.1. The van der Waals surface area contributed by atoms with E-state index in [1.54, 1.807) is 6.20 Å². The fourth-order valence-electron chi connectivity index (χ4n) is 2.97. The zero-order valence-electron chi connectivity index (χ0n) is 13.9. The third kappa shape index (κ3) is 4.43. The molecule has 0 radical (unpaired) electrons. The van der Waals surface area contributed by atoms with Crippen molar-refractivity contribution in [3.05, 3.63) is 58.0 Å². The second-order valence-electron chi connectivity index (χ2n) is 6.20. The van der Waals surface area contributed by atoms with Crippen molar-refractivity contribution in [3.63, 3.8) is 0 Å². The van der Waals surface area contributed by atoms with Crippen molar-refractivity contribution < 1.29 is 9.31 Å². The summed E-state index contributed by atoms with van der Waals surface area (Å²) in [7, 11) is 0. The topological polar surface area (TPSA) is 71.3 Å². The molecule has 0 amide bonds. The number of aromatic nitrogens is 1. The van der Waals surface area contributed by atoms with Crippen LogP contribution < -0.4 is 10.2 Å². The van der Waals surface area contributed by atoms with E-state index in [4.69, 9.17) is 0 Å². The molecule has 0 unspecified atom stereocenters. The number of pyridine rings is 1. The average molecular weight is 344 g/mol. The first-order valence-electron chi connectivity index (χ1n) is 8.51. The highest BCUT2D eigenvalue weighted by Gasteiger charge is 2.12. The van der Waals surface area contributed by atoms with E-state index in [9.17, 15) is 14.5 Å². The molecule has 2 heterocycles. The summed E-state index contributed by atoms with van der Waals surface area (Å²) in [4.78, 5) is 16.8. The van der Waals surface area contributed by atoms with Gasteiger partial charge in [-0.05, 0) is 30.5 Å². The zero-order valence-corrected chi connectivity index (χ0v) is 13.9. The van der Waals surface area contributed by atoms with Gasteiger partial charge in [0.25, 0.3) is 5.69 Å². The Kier molecular flexibility index (Phi) is 5.42. The van der Waals surface area contributed by atoms with Crippen molar-refractivity contribution in [1.29, 1.82) is 0 Å². The van der Waals surface area contributed by atoms with Crippen molar-refractivity contribution in [2.75, 3.05) is 23.3 Å². The molecule has 3 rings (SSSR count). The second kappa shape index (κ2) is 7.92. The van der Waals surface area contributed by atoms with Crippen molar-refractivity contribution in [3.8, 4) is 0 Å². The van der Waals surface area contributed by atoms with Crippen LogP contribution in [0.3, 0.4) is 0 Å². The van der Waals surface area contributed by atoms with Gasteiger partial charge < -0.3 is 10.2 Å². The van der Waals surface area contributed by atoms with Gasteiger partial charge in [0.15, 0.2) is 5.82 Å². The van der Waals surface area contributed by atoms with Crippen LogP contribution in [0.15, 0.2) is 36.5 Å². The Morgan fingerprint density at radius 1 is 1.16 bits per heavy atom. The van der Waals surface area contributed by atoms with Gasteiger partial charge in [-0.1, -0.05) is 18.9 Å². The lowest BCUT2D eigenvalue weighted by Crippen LogP contribution is -2.24. The van der Waals surface area contributed by atoms with E-state index in [0.717, 1.165) is 30.5 Å². The molecule has 0 saturated carbocycles. The number of hydrogen-bond acceptors (Lipinski definition) is 5. The maximum atomic E-state index is 13.9. The highest BCUT2D eigenvalue weighted by molar-refractivity contribution is 5.50. The number of anilines is 2. The van der Waals surface area contributed by atoms with Crippen LogP contribution in [0.5, 0.6) is 0 Å². The minimum atomic E-state index is -0.636. The Bertz CT molecular complexity index is 728. The fraction of sp³-hybridized carbons (Fsp3) is 0.389. The molecule has 132 valence electrons. The summed E-state index contributed by atoms with van der Waals surface area (Å²) in [5.41, 5.74) is 0.907. The van der Waals surface area contributed by atoms with Crippen LogP contribution in [-0.2, 0) is 6.54 Å². The van der Waals surface area contributed by atoms with Gasteiger partial charge in [-0.2, -0.15) is 0 Å². The predicted molar refractivity (Wildman–Crippen MR) is 95.3 cm³/mol. The smallest absolute Gasteiger partial charge is 0.272 e. The van der Waals surface area contributed by atoms with Gasteiger partial charge in [0.05, 0.1) is 16.7 Å². The summed E-state index contributed by atoms with van der Waals surface area (Å²) >= 11 is 0. The quantitative estimate of drug-likeness (QED) is 0.652. The molecule has 0 bridgehead atoms. The van der Waals surface area contributed by atoms with E-state index >= 15 is 0 Å². The Morgan fingerprint density at radius 2 is 1.92 bits per heavy atom. The molecule has 0 aliphatic carbocycles. The Hall–Kier alpha value is -2.70. The van der Waals surface area contributed by atoms with Gasteiger partial charge in [0, 0.05) is 31.9 Å². The van der Waals surface area contributed by atoms with Crippen molar-refractivity contribution in [1.82, 2.24) is 4.98 Å². The minimum absolute atomic E-state index is 0.238. The number of non-ortho nitro benzene ring substituents is 1. The van der Waals surface area contributed by atoms with E-state index in [-0.39, 0.29) is 11.4 Å². The summed E-state index contributed by atoms with van der Waals surface area (Å²) in [5, 5.41) is 13.6. The van der Waals surface area contributed by atoms with E-state index in [2.05, 4.69) is 15.2 Å². The highest BCUT2D eigenvalue weighted by atomic mass is 19.1. The van der Waals surface area contributed by atoms with E-state index in [0.29, 0.717) is 6.54 Å². The molecular formula is C18H21FN4O2. The molecule has 2 aromatic rings. The van der Waals surface area contributed by atoms with Crippen LogP contribution in [0.1, 0.15) is 31.2 Å². The SMILES string of the molecule is O=[N+]([O-])c1ccc(NCc2ccc(N3CCCCCC3)nc2)c(F)c1. The molecule has 0 atom stereocenters. The third-order valence-corrected chi connectivity index (χ3v) is 4.39. The Labute approximate surface area is 145 Å². The Balaban J connectivity index is 1.61. The zero-order chi connectivity index (χ0) is 17.6. The van der Waals surface area contributed by atoms with Crippen LogP contribution in [-0.4, -0.2) is 23.0 Å². The monoisotopic (exact) mass is 344 g/mol. The van der Waals surface area contributed by atoms with Crippen molar-refractivity contribution in [2.24, 2.45) is 0 Å². The van der Waals surface area contributed by atoms with E-state index < -0.39 is 10.7 Å². The van der Waals surface area contributed by atoms with Crippen molar-refractivity contribution >= 4 is 17.2 Å². The number of hydrogen-bond donors (Lipinski definition) is 1. The van der Waals surface area contributed by atoms with Crippen LogP contribution in [0.25, 0.3) is 0 Å². The summed E-state index contributed by atoms with van der Waals surface area (Å²) in [6.07, 6.45) is 6.74. The number of nitro benzene ring substituents is 1. The van der Waals surface area contributed by atoms with E-state index in [1.165, 1.54) is 37.8 Å². The molecule has 1 N–H and O–H groups in total. The molecule has 0 spiro atoms. The summed E-state index contributed by atoms with van der Waals surface area (Å²) in [5.74, 6) is 0.343. The number of halogens is 1. The summed E-state index contributed by atoms with van der Waals surface area (Å²) in [6, 6.07) is 7.56. The fourth-order valence-corrected chi connectivity index (χ4v) is 2.97. The van der Waals surface area contributed by atoms with Crippen LogP contribution in [0, 0.1) is 15.9 Å². The molecule has 1 aliphatic heterocycles. The molecule has 1 aromatic carbocycles. The van der Waals surface area contributed by atoms with Crippen molar-refractivity contribution in [2.45, 2.75) is 32.2 Å². The summed E-state index contributed by atoms with van der Waals surface area (Å²) in [6.45, 7) is 2.49. The standard InChI is InChI=1S/C18H21FN4O2/c19-16-11-15(23(24)25)6-7-17(16)20-12-14-5-8-18(21-13-14)22-9-3-1-2-4-10-22/h5-8,11,13,20H,1-4,9-10,12H2. The van der Waals surface area contributed by atoms with Crippen LogP contribution in [0.4, 0.5) is 21.6 Å².